The largest absolute Gasteiger partial charge is 0.457 e. The van der Waals surface area contributed by atoms with Gasteiger partial charge in [-0.15, -0.1) is 0 Å². The standard InChI is InChI=1S/C15H18N2O4/c18-11-15(20)21-13-6-8-17(9-7-13)14(19)10-16-12-4-2-1-3-5-12/h1-5,11,13,16H,6-10H2. The van der Waals surface area contributed by atoms with E-state index in [0.29, 0.717) is 25.9 Å². The molecule has 0 saturated carbocycles. The first-order valence-corrected chi connectivity index (χ1v) is 6.91. The first kappa shape index (κ1) is 15.0. The van der Waals surface area contributed by atoms with Crippen LogP contribution in [0.1, 0.15) is 12.8 Å². The number of nitrogens with one attached hydrogen (secondary N) is 1. The zero-order valence-electron chi connectivity index (χ0n) is 11.7. The van der Waals surface area contributed by atoms with Crippen LogP contribution in [0.4, 0.5) is 5.69 Å². The van der Waals surface area contributed by atoms with E-state index in [4.69, 9.17) is 4.74 Å². The number of nitrogens with zero attached hydrogens (tertiary/aromatic N) is 1. The number of likely N-dealkylation sites (tertiary alicyclic amines) is 1. The zero-order chi connectivity index (χ0) is 15.1. The van der Waals surface area contributed by atoms with Gasteiger partial charge in [-0.3, -0.25) is 9.59 Å². The molecular weight excluding hydrogens is 272 g/mol. The molecule has 1 fully saturated rings. The molecule has 1 saturated heterocycles. The summed E-state index contributed by atoms with van der Waals surface area (Å²) in [5.41, 5.74) is 0.903. The number of amides is 1. The monoisotopic (exact) mass is 290 g/mol. The summed E-state index contributed by atoms with van der Waals surface area (Å²) in [6.45, 7) is 1.31. The normalized spacial score (nSPS) is 15.3. The SMILES string of the molecule is O=CC(=O)OC1CCN(C(=O)CNc2ccccc2)CC1. The first-order chi connectivity index (χ1) is 10.2. The van der Waals surface area contributed by atoms with E-state index < -0.39 is 5.97 Å². The van der Waals surface area contributed by atoms with Crippen molar-refractivity contribution >= 4 is 23.9 Å². The van der Waals surface area contributed by atoms with E-state index in [-0.39, 0.29) is 24.8 Å². The van der Waals surface area contributed by atoms with Crippen molar-refractivity contribution in [2.75, 3.05) is 25.0 Å². The summed E-state index contributed by atoms with van der Waals surface area (Å²) in [5.74, 6) is -0.829. The third-order valence-electron chi connectivity index (χ3n) is 3.39. The van der Waals surface area contributed by atoms with Gasteiger partial charge in [0.25, 0.3) is 0 Å². The molecule has 1 aromatic carbocycles. The average molecular weight is 290 g/mol. The summed E-state index contributed by atoms with van der Waals surface area (Å²) in [5, 5.41) is 3.07. The minimum Gasteiger partial charge on any atom is -0.457 e. The highest BCUT2D eigenvalue weighted by atomic mass is 16.5. The lowest BCUT2D eigenvalue weighted by molar-refractivity contribution is -0.155. The highest BCUT2D eigenvalue weighted by Gasteiger charge is 2.24. The second kappa shape index (κ2) is 7.42. The third kappa shape index (κ3) is 4.59. The molecule has 0 spiro atoms. The van der Waals surface area contributed by atoms with Gasteiger partial charge in [0, 0.05) is 31.6 Å². The zero-order valence-corrected chi connectivity index (χ0v) is 11.7. The fourth-order valence-electron chi connectivity index (χ4n) is 2.26. The summed E-state index contributed by atoms with van der Waals surface area (Å²) < 4.78 is 4.94. The van der Waals surface area contributed by atoms with Gasteiger partial charge in [-0.1, -0.05) is 18.2 Å². The van der Waals surface area contributed by atoms with Crippen LogP contribution in [-0.2, 0) is 19.1 Å². The molecule has 0 bridgehead atoms. The number of rotatable bonds is 5. The molecule has 0 aromatic heterocycles. The fourth-order valence-corrected chi connectivity index (χ4v) is 2.26. The Kier molecular flexibility index (Phi) is 5.31. The molecule has 1 aliphatic rings. The lowest BCUT2D eigenvalue weighted by Gasteiger charge is -2.31. The van der Waals surface area contributed by atoms with Crippen LogP contribution in [0.15, 0.2) is 30.3 Å². The van der Waals surface area contributed by atoms with E-state index in [9.17, 15) is 14.4 Å². The summed E-state index contributed by atoms with van der Waals surface area (Å²) in [7, 11) is 0. The predicted octanol–water partition coefficient (Wildman–Crippen LogP) is 0.832. The molecule has 1 N–H and O–H groups in total. The van der Waals surface area contributed by atoms with E-state index in [1.165, 1.54) is 0 Å². The lowest BCUT2D eigenvalue weighted by atomic mass is 10.1. The number of hydrogen-bond acceptors (Lipinski definition) is 5. The average Bonchev–Trinajstić information content (AvgIpc) is 2.54. The molecule has 0 aliphatic carbocycles. The van der Waals surface area contributed by atoms with Crippen molar-refractivity contribution < 1.29 is 19.1 Å². The Morgan fingerprint density at radius 2 is 1.90 bits per heavy atom. The van der Waals surface area contributed by atoms with Gasteiger partial charge >= 0.3 is 5.97 Å². The number of ether oxygens (including phenoxy) is 1. The molecule has 21 heavy (non-hydrogen) atoms. The Labute approximate surface area is 123 Å². The fraction of sp³-hybridized carbons (Fsp3) is 0.400. The van der Waals surface area contributed by atoms with Crippen LogP contribution in [0, 0.1) is 0 Å². The molecule has 112 valence electrons. The van der Waals surface area contributed by atoms with Gasteiger partial charge in [-0.25, -0.2) is 4.79 Å². The van der Waals surface area contributed by atoms with Gasteiger partial charge in [-0.05, 0) is 12.1 Å². The summed E-state index contributed by atoms with van der Waals surface area (Å²) in [4.78, 5) is 34.9. The Morgan fingerprint density at radius 3 is 2.52 bits per heavy atom. The Balaban J connectivity index is 1.73. The highest BCUT2D eigenvalue weighted by Crippen LogP contribution is 2.14. The maximum absolute atomic E-state index is 12.1. The Hall–Kier alpha value is -2.37. The van der Waals surface area contributed by atoms with Gasteiger partial charge in [0.15, 0.2) is 0 Å². The van der Waals surface area contributed by atoms with Crippen LogP contribution >= 0.6 is 0 Å². The van der Waals surface area contributed by atoms with E-state index in [2.05, 4.69) is 5.32 Å². The number of para-hydroxylation sites is 1. The van der Waals surface area contributed by atoms with Crippen molar-refractivity contribution in [2.24, 2.45) is 0 Å². The number of aldehydes is 1. The molecule has 1 aliphatic heterocycles. The van der Waals surface area contributed by atoms with E-state index in [0.717, 1.165) is 5.69 Å². The van der Waals surface area contributed by atoms with Gasteiger partial charge in [0.2, 0.25) is 12.2 Å². The van der Waals surface area contributed by atoms with Crippen molar-refractivity contribution in [3.8, 4) is 0 Å². The highest BCUT2D eigenvalue weighted by molar-refractivity contribution is 6.20. The second-order valence-corrected chi connectivity index (χ2v) is 4.85. The molecule has 0 atom stereocenters. The Bertz CT molecular complexity index is 496. The molecule has 1 aromatic rings. The molecule has 1 amide bonds. The van der Waals surface area contributed by atoms with Crippen LogP contribution in [0.25, 0.3) is 0 Å². The quantitative estimate of drug-likeness (QED) is 0.494. The summed E-state index contributed by atoms with van der Waals surface area (Å²) in [6.07, 6.45) is 1.03. The first-order valence-electron chi connectivity index (χ1n) is 6.91. The number of carbonyl (C=O) groups is 3. The van der Waals surface area contributed by atoms with Crippen LogP contribution in [-0.4, -0.2) is 48.8 Å². The predicted molar refractivity (Wildman–Crippen MR) is 76.7 cm³/mol. The molecule has 6 heteroatoms. The molecule has 0 unspecified atom stereocenters. The number of benzene rings is 1. The maximum Gasteiger partial charge on any atom is 0.371 e. The van der Waals surface area contributed by atoms with Crippen LogP contribution < -0.4 is 5.32 Å². The van der Waals surface area contributed by atoms with Crippen molar-refractivity contribution in [3.63, 3.8) is 0 Å². The van der Waals surface area contributed by atoms with Gasteiger partial charge < -0.3 is 15.0 Å². The topological polar surface area (TPSA) is 75.7 Å². The molecule has 2 rings (SSSR count). The smallest absolute Gasteiger partial charge is 0.371 e. The van der Waals surface area contributed by atoms with Crippen molar-refractivity contribution in [2.45, 2.75) is 18.9 Å². The van der Waals surface area contributed by atoms with Crippen LogP contribution in [0.5, 0.6) is 0 Å². The summed E-state index contributed by atoms with van der Waals surface area (Å²) >= 11 is 0. The molecule has 6 nitrogen and oxygen atoms in total. The molecular formula is C15H18N2O4. The Morgan fingerprint density at radius 1 is 1.24 bits per heavy atom. The number of anilines is 1. The minimum atomic E-state index is -0.842. The number of hydrogen-bond donors (Lipinski definition) is 1. The van der Waals surface area contributed by atoms with Crippen LogP contribution in [0.3, 0.4) is 0 Å². The van der Waals surface area contributed by atoms with Gasteiger partial charge in [-0.2, -0.15) is 0 Å². The van der Waals surface area contributed by atoms with Crippen molar-refractivity contribution in [1.82, 2.24) is 4.90 Å². The molecule has 1 heterocycles. The number of esters is 1. The summed E-state index contributed by atoms with van der Waals surface area (Å²) in [6, 6.07) is 9.52. The molecule has 0 radical (unpaired) electrons. The lowest BCUT2D eigenvalue weighted by Crippen LogP contribution is -2.43. The maximum atomic E-state index is 12.1. The van der Waals surface area contributed by atoms with E-state index in [1.54, 1.807) is 4.90 Å². The van der Waals surface area contributed by atoms with Gasteiger partial charge in [0.1, 0.15) is 6.10 Å². The van der Waals surface area contributed by atoms with Gasteiger partial charge in [0.05, 0.1) is 6.54 Å². The van der Waals surface area contributed by atoms with Crippen LogP contribution in [0.2, 0.25) is 0 Å². The number of piperidine rings is 1. The van der Waals surface area contributed by atoms with E-state index in [1.807, 2.05) is 30.3 Å². The number of carbonyl (C=O) groups excluding carboxylic acids is 3. The second-order valence-electron chi connectivity index (χ2n) is 4.85. The van der Waals surface area contributed by atoms with Crippen molar-refractivity contribution in [3.05, 3.63) is 30.3 Å². The third-order valence-corrected chi connectivity index (χ3v) is 3.39. The van der Waals surface area contributed by atoms with E-state index >= 15 is 0 Å². The minimum absolute atomic E-state index is 0.0130. The van der Waals surface area contributed by atoms with Crippen molar-refractivity contribution in [1.29, 1.82) is 0 Å².